The topological polar surface area (TPSA) is 37.3 Å². The van der Waals surface area contributed by atoms with Crippen molar-refractivity contribution in [3.63, 3.8) is 0 Å². The standard InChI is InChI=1S/C4H5ClO2/c5-3-1-2-4(6)7/h1,3H,2H2,(H,6,7)/b3-1+. The van der Waals surface area contributed by atoms with Gasteiger partial charge >= 0.3 is 5.97 Å². The second kappa shape index (κ2) is 3.68. The van der Waals surface area contributed by atoms with Crippen LogP contribution in [0, 0.1) is 0 Å². The Kier molecular flexibility index (Phi) is 3.42. The molecule has 0 radical (unpaired) electrons. The van der Waals surface area contributed by atoms with Crippen LogP contribution in [-0.4, -0.2) is 11.1 Å². The van der Waals surface area contributed by atoms with Gasteiger partial charge in [0.05, 0.1) is 6.42 Å². The van der Waals surface area contributed by atoms with E-state index >= 15 is 0 Å². The fourth-order valence-corrected chi connectivity index (χ4v) is 0.234. The molecule has 0 aromatic heterocycles. The third-order valence-electron chi connectivity index (χ3n) is 0.382. The zero-order valence-electron chi connectivity index (χ0n) is 3.60. The van der Waals surface area contributed by atoms with E-state index in [1.54, 1.807) is 0 Å². The van der Waals surface area contributed by atoms with Gasteiger partial charge in [-0.05, 0) is 0 Å². The smallest absolute Gasteiger partial charge is 0.307 e. The van der Waals surface area contributed by atoms with Gasteiger partial charge in [0, 0.05) is 5.54 Å². The summed E-state index contributed by atoms with van der Waals surface area (Å²) in [5.74, 6) is -0.864. The minimum atomic E-state index is -0.864. The quantitative estimate of drug-likeness (QED) is 0.595. The van der Waals surface area contributed by atoms with E-state index in [0.29, 0.717) is 0 Å². The van der Waals surface area contributed by atoms with Crippen molar-refractivity contribution in [1.29, 1.82) is 0 Å². The van der Waals surface area contributed by atoms with Crippen molar-refractivity contribution in [1.82, 2.24) is 0 Å². The first-order chi connectivity index (χ1) is 3.27. The second-order valence-electron chi connectivity index (χ2n) is 0.960. The molecule has 0 aromatic carbocycles. The van der Waals surface area contributed by atoms with E-state index in [1.807, 2.05) is 0 Å². The summed E-state index contributed by atoms with van der Waals surface area (Å²) in [4.78, 5) is 9.65. The van der Waals surface area contributed by atoms with E-state index in [-0.39, 0.29) is 6.42 Å². The van der Waals surface area contributed by atoms with E-state index < -0.39 is 5.97 Å². The summed E-state index contributed by atoms with van der Waals surface area (Å²) in [6, 6.07) is 0. The zero-order chi connectivity index (χ0) is 5.70. The van der Waals surface area contributed by atoms with Gasteiger partial charge in [-0.15, -0.1) is 0 Å². The Balaban J connectivity index is 3.14. The lowest BCUT2D eigenvalue weighted by atomic mass is 10.4. The van der Waals surface area contributed by atoms with Crippen LogP contribution in [0.25, 0.3) is 0 Å². The molecule has 0 atom stereocenters. The number of carboxylic acid groups (broad SMARTS) is 1. The molecule has 3 heteroatoms. The Labute approximate surface area is 46.4 Å². The monoisotopic (exact) mass is 120 g/mol. The normalized spacial score (nSPS) is 9.86. The molecule has 2 nitrogen and oxygen atoms in total. The largest absolute Gasteiger partial charge is 0.481 e. The number of hydrogen-bond donors (Lipinski definition) is 1. The summed E-state index contributed by atoms with van der Waals surface area (Å²) in [5.41, 5.74) is 1.19. The third-order valence-corrected chi connectivity index (χ3v) is 0.560. The van der Waals surface area contributed by atoms with Gasteiger partial charge in [0.2, 0.25) is 0 Å². The maximum Gasteiger partial charge on any atom is 0.307 e. The summed E-state index contributed by atoms with van der Waals surface area (Å²) >= 11 is 5.00. The molecule has 0 heterocycles. The molecule has 0 aliphatic heterocycles. The van der Waals surface area contributed by atoms with Gasteiger partial charge < -0.3 is 5.11 Å². The summed E-state index contributed by atoms with van der Waals surface area (Å²) in [6.07, 6.45) is 1.37. The van der Waals surface area contributed by atoms with Crippen LogP contribution in [0.5, 0.6) is 0 Å². The van der Waals surface area contributed by atoms with E-state index in [4.69, 9.17) is 16.7 Å². The van der Waals surface area contributed by atoms with Crippen molar-refractivity contribution in [3.05, 3.63) is 11.6 Å². The van der Waals surface area contributed by atoms with Gasteiger partial charge in [0.25, 0.3) is 0 Å². The van der Waals surface area contributed by atoms with Crippen molar-refractivity contribution >= 4 is 17.6 Å². The lowest BCUT2D eigenvalue weighted by molar-refractivity contribution is -0.135. The first-order valence-corrected chi connectivity index (χ1v) is 2.18. The van der Waals surface area contributed by atoms with Crippen molar-refractivity contribution in [2.45, 2.75) is 6.42 Å². The lowest BCUT2D eigenvalue weighted by Gasteiger charge is -1.76. The van der Waals surface area contributed by atoms with Crippen LogP contribution < -0.4 is 0 Å². The van der Waals surface area contributed by atoms with E-state index in [0.717, 1.165) is 0 Å². The summed E-state index contributed by atoms with van der Waals surface area (Å²) < 4.78 is 0. The molecule has 0 bridgehead atoms. The Hall–Kier alpha value is -0.500. The van der Waals surface area contributed by atoms with Crippen LogP contribution in [-0.2, 0) is 4.79 Å². The molecule has 0 spiro atoms. The first-order valence-electron chi connectivity index (χ1n) is 1.74. The van der Waals surface area contributed by atoms with Crippen LogP contribution in [0.15, 0.2) is 11.6 Å². The van der Waals surface area contributed by atoms with Gasteiger partial charge in [-0.25, -0.2) is 0 Å². The molecule has 40 valence electrons. The van der Waals surface area contributed by atoms with Gasteiger partial charge in [-0.1, -0.05) is 17.7 Å². The Morgan fingerprint density at radius 3 is 2.57 bits per heavy atom. The van der Waals surface area contributed by atoms with Crippen LogP contribution in [0.4, 0.5) is 0 Å². The molecule has 0 saturated heterocycles. The van der Waals surface area contributed by atoms with Crippen molar-refractivity contribution in [2.75, 3.05) is 0 Å². The van der Waals surface area contributed by atoms with Crippen molar-refractivity contribution < 1.29 is 9.90 Å². The molecule has 7 heavy (non-hydrogen) atoms. The number of carbonyl (C=O) groups is 1. The molecule has 0 aromatic rings. The lowest BCUT2D eigenvalue weighted by Crippen LogP contribution is -1.88. The Bertz CT molecular complexity index is 87.7. The van der Waals surface area contributed by atoms with Crippen LogP contribution in [0.2, 0.25) is 0 Å². The van der Waals surface area contributed by atoms with E-state index in [2.05, 4.69) is 0 Å². The minimum Gasteiger partial charge on any atom is -0.481 e. The van der Waals surface area contributed by atoms with E-state index in [1.165, 1.54) is 11.6 Å². The number of hydrogen-bond acceptors (Lipinski definition) is 1. The number of halogens is 1. The Morgan fingerprint density at radius 1 is 1.86 bits per heavy atom. The van der Waals surface area contributed by atoms with Gasteiger partial charge in [-0.3, -0.25) is 4.79 Å². The fraction of sp³-hybridized carbons (Fsp3) is 0.250. The second-order valence-corrected chi connectivity index (χ2v) is 1.21. The number of rotatable bonds is 2. The zero-order valence-corrected chi connectivity index (χ0v) is 4.35. The molecule has 1 N–H and O–H groups in total. The summed E-state index contributed by atoms with van der Waals surface area (Å²) in [5, 5.41) is 7.93. The molecule has 0 rings (SSSR count). The Morgan fingerprint density at radius 2 is 2.43 bits per heavy atom. The van der Waals surface area contributed by atoms with Crippen molar-refractivity contribution in [2.24, 2.45) is 0 Å². The maximum absolute atomic E-state index is 9.65. The SMILES string of the molecule is O=C(O)C/C=C/Cl. The average Bonchev–Trinajstić information content (AvgIpc) is 1.61. The summed E-state index contributed by atoms with van der Waals surface area (Å²) in [7, 11) is 0. The maximum atomic E-state index is 9.65. The van der Waals surface area contributed by atoms with Crippen molar-refractivity contribution in [3.8, 4) is 0 Å². The third kappa shape index (κ3) is 5.50. The van der Waals surface area contributed by atoms with Crippen LogP contribution in [0.3, 0.4) is 0 Å². The predicted molar refractivity (Wildman–Crippen MR) is 27.2 cm³/mol. The predicted octanol–water partition coefficient (Wildman–Crippen LogP) is 1.21. The molecular formula is C4H5ClO2. The van der Waals surface area contributed by atoms with Crippen LogP contribution >= 0.6 is 11.6 Å². The average molecular weight is 121 g/mol. The van der Waals surface area contributed by atoms with E-state index in [9.17, 15) is 4.79 Å². The highest BCUT2D eigenvalue weighted by Gasteiger charge is 1.85. The molecule has 0 amide bonds. The molecule has 0 fully saturated rings. The molecule has 0 aliphatic rings. The molecule has 0 aliphatic carbocycles. The molecule has 0 unspecified atom stereocenters. The highest BCUT2D eigenvalue weighted by atomic mass is 35.5. The molecular weight excluding hydrogens is 115 g/mol. The fourth-order valence-electron chi connectivity index (χ4n) is 0.145. The summed E-state index contributed by atoms with van der Waals surface area (Å²) in [6.45, 7) is 0. The first kappa shape index (κ1) is 6.50. The number of aliphatic carboxylic acids is 1. The highest BCUT2D eigenvalue weighted by Crippen LogP contribution is 1.83. The van der Waals surface area contributed by atoms with Crippen LogP contribution in [0.1, 0.15) is 6.42 Å². The number of carboxylic acids is 1. The van der Waals surface area contributed by atoms with Gasteiger partial charge in [0.1, 0.15) is 0 Å². The molecule has 0 saturated carbocycles. The van der Waals surface area contributed by atoms with Gasteiger partial charge in [0.15, 0.2) is 0 Å². The highest BCUT2D eigenvalue weighted by molar-refractivity contribution is 6.25. The minimum absolute atomic E-state index is 0.00347. The van der Waals surface area contributed by atoms with Gasteiger partial charge in [-0.2, -0.15) is 0 Å².